The highest BCUT2D eigenvalue weighted by Gasteiger charge is 2.34. The number of pyridine rings is 1. The van der Waals surface area contributed by atoms with Gasteiger partial charge in [0.1, 0.15) is 24.2 Å². The van der Waals surface area contributed by atoms with E-state index in [1.165, 1.54) is 21.8 Å². The summed E-state index contributed by atoms with van der Waals surface area (Å²) in [6, 6.07) is 7.08. The van der Waals surface area contributed by atoms with E-state index < -0.39 is 30.0 Å². The van der Waals surface area contributed by atoms with Gasteiger partial charge in [-0.25, -0.2) is 13.9 Å². The zero-order chi connectivity index (χ0) is 24.4. The van der Waals surface area contributed by atoms with Crippen LogP contribution in [0.4, 0.5) is 14.9 Å². The number of cyclic esters (lactones) is 1. The molecule has 178 valence electrons. The van der Waals surface area contributed by atoms with Crippen molar-refractivity contribution in [1.82, 2.24) is 25.2 Å². The van der Waals surface area contributed by atoms with Gasteiger partial charge in [0.15, 0.2) is 11.9 Å². The third-order valence-corrected chi connectivity index (χ3v) is 5.46. The molecule has 1 amide bonds. The van der Waals surface area contributed by atoms with E-state index in [0.29, 0.717) is 28.3 Å². The number of rotatable bonds is 7. The van der Waals surface area contributed by atoms with Gasteiger partial charge >= 0.3 is 12.1 Å². The third kappa shape index (κ3) is 4.71. The number of aryl methyl sites for hydroxylation is 1. The fourth-order valence-electron chi connectivity index (χ4n) is 3.40. The number of halogens is 1. The average molecular weight is 469 g/mol. The zero-order valence-electron chi connectivity index (χ0n) is 18.9. The Morgan fingerprint density at radius 2 is 2.12 bits per heavy atom. The van der Waals surface area contributed by atoms with Crippen LogP contribution in [0.2, 0.25) is 0 Å². The van der Waals surface area contributed by atoms with Crippen LogP contribution in [-0.2, 0) is 21.3 Å². The lowest BCUT2D eigenvalue weighted by Crippen LogP contribution is -2.38. The Kier molecular flexibility index (Phi) is 6.50. The van der Waals surface area contributed by atoms with Crippen molar-refractivity contribution in [3.8, 4) is 22.6 Å². The lowest BCUT2D eigenvalue weighted by molar-refractivity contribution is -0.148. The molecule has 2 atom stereocenters. The highest BCUT2D eigenvalue weighted by molar-refractivity contribution is 5.90. The molecule has 2 N–H and O–H groups in total. The molecule has 1 aliphatic rings. The quantitative estimate of drug-likeness (QED) is 0.514. The molecule has 34 heavy (non-hydrogen) atoms. The van der Waals surface area contributed by atoms with E-state index in [2.05, 4.69) is 20.5 Å². The number of amides is 1. The lowest BCUT2D eigenvalue weighted by Gasteiger charge is -2.16. The molecule has 1 saturated heterocycles. The Hall–Kier alpha value is -3.93. The van der Waals surface area contributed by atoms with Crippen molar-refractivity contribution in [2.24, 2.45) is 18.7 Å². The van der Waals surface area contributed by atoms with Gasteiger partial charge in [0, 0.05) is 24.4 Å². The van der Waals surface area contributed by atoms with Crippen LogP contribution in [0.15, 0.2) is 36.5 Å². The maximum atomic E-state index is 14.9. The summed E-state index contributed by atoms with van der Waals surface area (Å²) in [5, 5.41) is 11.2. The molecule has 11 nitrogen and oxygen atoms in total. The van der Waals surface area contributed by atoms with Gasteiger partial charge in [-0.1, -0.05) is 19.9 Å². The minimum Gasteiger partial charge on any atom is -0.460 e. The largest absolute Gasteiger partial charge is 0.460 e. The molecule has 0 aliphatic carbocycles. The number of ether oxygens (including phenoxy) is 2. The van der Waals surface area contributed by atoms with Gasteiger partial charge in [0.2, 0.25) is 0 Å². The lowest BCUT2D eigenvalue weighted by atomic mass is 10.1. The first kappa shape index (κ1) is 23.2. The van der Waals surface area contributed by atoms with E-state index in [4.69, 9.17) is 15.2 Å². The van der Waals surface area contributed by atoms with Crippen LogP contribution < -0.4 is 10.6 Å². The number of hydrogen-bond donors (Lipinski definition) is 1. The number of nitrogens with two attached hydrogens (primary N) is 1. The summed E-state index contributed by atoms with van der Waals surface area (Å²) in [7, 11) is 1.70. The standard InChI is InChI=1S/C22H24FN7O4/c1-12(2)19(24)21(31)33-11-15-10-30(22(32)34-15)14-5-6-16(17(23)8-14)13-4-7-18(25-9-13)20-26-27-28-29(20)3/h4-9,12,15,19H,10-11,24H2,1-3H3/t15-,19+/m1/s1. The maximum absolute atomic E-state index is 14.9. The maximum Gasteiger partial charge on any atom is 0.414 e. The second kappa shape index (κ2) is 9.51. The molecule has 0 saturated carbocycles. The Balaban J connectivity index is 1.43. The van der Waals surface area contributed by atoms with Gasteiger partial charge in [0.05, 0.1) is 12.2 Å². The van der Waals surface area contributed by atoms with Gasteiger partial charge in [-0.05, 0) is 40.6 Å². The van der Waals surface area contributed by atoms with Crippen molar-refractivity contribution >= 4 is 17.7 Å². The topological polar surface area (TPSA) is 138 Å². The minimum absolute atomic E-state index is 0.0770. The fourth-order valence-corrected chi connectivity index (χ4v) is 3.40. The number of anilines is 1. The summed E-state index contributed by atoms with van der Waals surface area (Å²) in [5.74, 6) is -0.680. The number of carbonyl (C=O) groups excluding carboxylic acids is 2. The van der Waals surface area contributed by atoms with Crippen LogP contribution in [0, 0.1) is 11.7 Å². The van der Waals surface area contributed by atoms with Gasteiger partial charge < -0.3 is 15.2 Å². The summed E-state index contributed by atoms with van der Waals surface area (Å²) in [6.07, 6.45) is 0.202. The van der Waals surface area contributed by atoms with E-state index in [0.717, 1.165) is 0 Å². The molecule has 1 aliphatic heterocycles. The van der Waals surface area contributed by atoms with Gasteiger partial charge in [-0.15, -0.1) is 5.10 Å². The van der Waals surface area contributed by atoms with Crippen LogP contribution in [0.3, 0.4) is 0 Å². The van der Waals surface area contributed by atoms with Crippen molar-refractivity contribution in [2.75, 3.05) is 18.1 Å². The predicted molar refractivity (Wildman–Crippen MR) is 119 cm³/mol. The van der Waals surface area contributed by atoms with E-state index in [1.807, 2.05) is 0 Å². The summed E-state index contributed by atoms with van der Waals surface area (Å²) in [6.45, 7) is 3.60. The van der Waals surface area contributed by atoms with Gasteiger partial charge in [0.25, 0.3) is 0 Å². The van der Waals surface area contributed by atoms with Crippen LogP contribution in [0.25, 0.3) is 22.6 Å². The van der Waals surface area contributed by atoms with E-state index in [-0.39, 0.29) is 19.1 Å². The molecule has 0 spiro atoms. The van der Waals surface area contributed by atoms with Crippen molar-refractivity contribution in [3.63, 3.8) is 0 Å². The highest BCUT2D eigenvalue weighted by atomic mass is 19.1. The predicted octanol–water partition coefficient (Wildman–Crippen LogP) is 1.93. The third-order valence-electron chi connectivity index (χ3n) is 5.46. The number of hydrogen-bond acceptors (Lipinski definition) is 9. The van der Waals surface area contributed by atoms with E-state index in [9.17, 15) is 14.0 Å². The normalized spacial score (nSPS) is 16.6. The fraction of sp³-hybridized carbons (Fsp3) is 0.364. The molecule has 2 aromatic heterocycles. The number of esters is 1. The molecule has 0 bridgehead atoms. The Morgan fingerprint density at radius 1 is 1.32 bits per heavy atom. The summed E-state index contributed by atoms with van der Waals surface area (Å²) >= 11 is 0. The number of nitrogens with zero attached hydrogens (tertiary/aromatic N) is 6. The number of tetrazole rings is 1. The molecule has 1 fully saturated rings. The Bertz CT molecular complexity index is 1200. The van der Waals surface area contributed by atoms with Crippen LogP contribution in [0.1, 0.15) is 13.8 Å². The summed E-state index contributed by atoms with van der Waals surface area (Å²) in [5.41, 5.74) is 7.51. The van der Waals surface area contributed by atoms with Crippen LogP contribution in [-0.4, -0.2) is 62.6 Å². The van der Waals surface area contributed by atoms with Gasteiger partial charge in [-0.3, -0.25) is 14.7 Å². The molecule has 0 radical (unpaired) electrons. The minimum atomic E-state index is -0.754. The zero-order valence-corrected chi connectivity index (χ0v) is 18.9. The average Bonchev–Trinajstić information content (AvgIpc) is 3.42. The highest BCUT2D eigenvalue weighted by Crippen LogP contribution is 2.29. The number of carbonyl (C=O) groups is 2. The SMILES string of the molecule is CC(C)[C@H](N)C(=O)OC[C@H]1CN(c2ccc(-c3ccc(-c4nnnn4C)nc3)c(F)c2)C(=O)O1. The molecule has 4 rings (SSSR count). The molecule has 0 unspecified atom stereocenters. The monoisotopic (exact) mass is 469 g/mol. The first-order chi connectivity index (χ1) is 16.2. The molecule has 12 heteroatoms. The summed E-state index contributed by atoms with van der Waals surface area (Å²) < 4.78 is 26.8. The Morgan fingerprint density at radius 3 is 2.74 bits per heavy atom. The number of aromatic nitrogens is 5. The van der Waals surface area contributed by atoms with Crippen molar-refractivity contribution in [2.45, 2.75) is 26.0 Å². The molecule has 1 aromatic carbocycles. The molecule has 3 heterocycles. The molecule has 3 aromatic rings. The second-order valence-corrected chi connectivity index (χ2v) is 8.24. The second-order valence-electron chi connectivity index (χ2n) is 8.24. The first-order valence-corrected chi connectivity index (χ1v) is 10.6. The van der Waals surface area contributed by atoms with Gasteiger partial charge in [-0.2, -0.15) is 0 Å². The smallest absolute Gasteiger partial charge is 0.414 e. The van der Waals surface area contributed by atoms with Crippen molar-refractivity contribution in [3.05, 3.63) is 42.3 Å². The van der Waals surface area contributed by atoms with Crippen molar-refractivity contribution in [1.29, 1.82) is 0 Å². The van der Waals surface area contributed by atoms with Crippen molar-refractivity contribution < 1.29 is 23.5 Å². The van der Waals surface area contributed by atoms with E-state index >= 15 is 0 Å². The van der Waals surface area contributed by atoms with E-state index in [1.54, 1.807) is 45.2 Å². The molecular formula is C22H24FN7O4. The van der Waals surface area contributed by atoms with Crippen LogP contribution >= 0.6 is 0 Å². The number of benzene rings is 1. The summed E-state index contributed by atoms with van der Waals surface area (Å²) in [4.78, 5) is 29.8. The molecular weight excluding hydrogens is 445 g/mol. The Labute approximate surface area is 194 Å². The van der Waals surface area contributed by atoms with Crippen LogP contribution in [0.5, 0.6) is 0 Å². The first-order valence-electron chi connectivity index (χ1n) is 10.6.